The van der Waals surface area contributed by atoms with Gasteiger partial charge >= 0.3 is 5.97 Å². The molecule has 0 spiro atoms. The van der Waals surface area contributed by atoms with Crippen molar-refractivity contribution in [2.24, 2.45) is 5.41 Å². The minimum atomic E-state index is -0.560. The third-order valence-corrected chi connectivity index (χ3v) is 2.90. The van der Waals surface area contributed by atoms with Crippen LogP contribution in [0.1, 0.15) is 67.7 Å². The lowest BCUT2D eigenvalue weighted by Crippen LogP contribution is -2.31. The quantitative estimate of drug-likeness (QED) is 0.611. The maximum atomic E-state index is 11.9. The fourth-order valence-electron chi connectivity index (χ4n) is 1.94. The van der Waals surface area contributed by atoms with E-state index in [9.17, 15) is 4.79 Å². The van der Waals surface area contributed by atoms with Crippen LogP contribution >= 0.6 is 0 Å². The molecule has 0 radical (unpaired) electrons. The fourth-order valence-corrected chi connectivity index (χ4v) is 1.94. The molecule has 1 fully saturated rings. The molecule has 1 aliphatic rings. The van der Waals surface area contributed by atoms with Crippen molar-refractivity contribution in [2.75, 3.05) is 13.2 Å². The summed E-state index contributed by atoms with van der Waals surface area (Å²) in [6, 6.07) is 0. The van der Waals surface area contributed by atoms with Gasteiger partial charge in [0.15, 0.2) is 5.79 Å². The zero-order chi connectivity index (χ0) is 18.5. The number of carboxylic acid groups (broad SMARTS) is 1. The zero-order valence-corrected chi connectivity index (χ0v) is 15.7. The van der Waals surface area contributed by atoms with Gasteiger partial charge in [0.05, 0.1) is 12.0 Å². The smallest absolute Gasteiger partial charge is 0.311 e. The summed E-state index contributed by atoms with van der Waals surface area (Å²) in [7, 11) is 0. The van der Waals surface area contributed by atoms with Crippen molar-refractivity contribution in [1.29, 1.82) is 0 Å². The summed E-state index contributed by atoms with van der Waals surface area (Å²) in [5.74, 6) is -0.719. The minimum absolute atomic E-state index is 0.147. The molecular weight excluding hydrogens is 300 g/mol. The molecule has 1 atom stereocenters. The molecule has 6 nitrogen and oxygen atoms in total. The van der Waals surface area contributed by atoms with Gasteiger partial charge in [-0.15, -0.1) is 0 Å². The number of hydrogen-bond donors (Lipinski definition) is 1. The number of rotatable bonds is 5. The maximum absolute atomic E-state index is 11.9. The van der Waals surface area contributed by atoms with Gasteiger partial charge in [-0.25, -0.2) is 0 Å². The predicted octanol–water partition coefficient (Wildman–Crippen LogP) is 3.62. The summed E-state index contributed by atoms with van der Waals surface area (Å²) in [4.78, 5) is 20.2. The molecule has 6 heteroatoms. The van der Waals surface area contributed by atoms with Crippen LogP contribution in [-0.2, 0) is 23.8 Å². The second-order valence-corrected chi connectivity index (χ2v) is 6.50. The Morgan fingerprint density at radius 3 is 2.17 bits per heavy atom. The van der Waals surface area contributed by atoms with Crippen LogP contribution < -0.4 is 0 Å². The molecule has 23 heavy (non-hydrogen) atoms. The first-order valence-corrected chi connectivity index (χ1v) is 8.16. The second-order valence-electron chi connectivity index (χ2n) is 6.50. The van der Waals surface area contributed by atoms with E-state index in [1.165, 1.54) is 6.42 Å². The van der Waals surface area contributed by atoms with E-state index in [1.54, 1.807) is 0 Å². The van der Waals surface area contributed by atoms with E-state index in [-0.39, 0.29) is 25.2 Å². The first kappa shape index (κ1) is 24.1. The summed E-state index contributed by atoms with van der Waals surface area (Å²) in [5, 5.41) is 6.89. The van der Waals surface area contributed by atoms with Gasteiger partial charge in [-0.3, -0.25) is 9.59 Å². The summed E-state index contributed by atoms with van der Waals surface area (Å²) in [6.07, 6.45) is 2.91. The summed E-state index contributed by atoms with van der Waals surface area (Å²) in [6.45, 7) is 14.4. The van der Waals surface area contributed by atoms with Crippen LogP contribution in [0.5, 0.6) is 0 Å². The average Bonchev–Trinajstić information content (AvgIpc) is 2.77. The summed E-state index contributed by atoms with van der Waals surface area (Å²) >= 11 is 0. The van der Waals surface area contributed by atoms with Gasteiger partial charge in [0.25, 0.3) is 6.47 Å². The van der Waals surface area contributed by atoms with Crippen molar-refractivity contribution >= 4 is 12.4 Å². The van der Waals surface area contributed by atoms with Gasteiger partial charge < -0.3 is 19.3 Å². The predicted molar refractivity (Wildman–Crippen MR) is 89.2 cm³/mol. The number of hydrogen-bond acceptors (Lipinski definition) is 5. The van der Waals surface area contributed by atoms with Gasteiger partial charge in [-0.1, -0.05) is 33.6 Å². The van der Waals surface area contributed by atoms with E-state index in [4.69, 9.17) is 24.1 Å². The molecule has 0 saturated carbocycles. The standard InChI is InChI=1S/C13H24O4.C3H8.CH2O2/c1-6-7-12(2,3)11(14)15-8-10-9-16-13(4,5)17-10;1-3-2;2-1-3/h10H,6-9H2,1-5H3;3H2,1-2H3;1H,(H,2,3). The van der Waals surface area contributed by atoms with E-state index in [0.717, 1.165) is 12.8 Å². The fraction of sp³-hybridized carbons (Fsp3) is 0.882. The van der Waals surface area contributed by atoms with Crippen LogP contribution in [0, 0.1) is 5.41 Å². The molecule has 1 rings (SSSR count). The molecule has 0 aromatic heterocycles. The van der Waals surface area contributed by atoms with E-state index >= 15 is 0 Å². The van der Waals surface area contributed by atoms with Gasteiger partial charge in [-0.05, 0) is 34.1 Å². The van der Waals surface area contributed by atoms with Crippen molar-refractivity contribution in [3.05, 3.63) is 0 Å². The monoisotopic (exact) mass is 334 g/mol. The second kappa shape index (κ2) is 12.3. The normalized spacial score (nSPS) is 18.8. The summed E-state index contributed by atoms with van der Waals surface area (Å²) < 4.78 is 16.3. The summed E-state index contributed by atoms with van der Waals surface area (Å²) in [5.41, 5.74) is -0.413. The molecule has 0 amide bonds. The van der Waals surface area contributed by atoms with Crippen LogP contribution in [-0.4, -0.2) is 42.7 Å². The number of carbonyl (C=O) groups is 2. The van der Waals surface area contributed by atoms with Gasteiger partial charge in [0.1, 0.15) is 12.7 Å². The molecule has 1 N–H and O–H groups in total. The topological polar surface area (TPSA) is 82.1 Å². The Balaban J connectivity index is 0. The Hall–Kier alpha value is -1.14. The SMILES string of the molecule is CCC.CCCC(C)(C)C(=O)OCC1COC(C)(C)O1.O=CO. The molecule has 1 aliphatic heterocycles. The van der Waals surface area contributed by atoms with Crippen molar-refractivity contribution < 1.29 is 28.9 Å². The van der Waals surface area contributed by atoms with Gasteiger partial charge in [0, 0.05) is 0 Å². The van der Waals surface area contributed by atoms with E-state index in [2.05, 4.69) is 20.8 Å². The Kier molecular flexibility index (Phi) is 12.9. The molecule has 138 valence electrons. The molecule has 1 heterocycles. The van der Waals surface area contributed by atoms with E-state index in [1.807, 2.05) is 27.7 Å². The maximum Gasteiger partial charge on any atom is 0.311 e. The van der Waals surface area contributed by atoms with Crippen LogP contribution in [0.2, 0.25) is 0 Å². The zero-order valence-electron chi connectivity index (χ0n) is 15.7. The molecule has 0 bridgehead atoms. The largest absolute Gasteiger partial charge is 0.483 e. The molecule has 0 aromatic rings. The van der Waals surface area contributed by atoms with Crippen molar-refractivity contribution in [1.82, 2.24) is 0 Å². The molecule has 0 aromatic carbocycles. The first-order chi connectivity index (χ1) is 10.6. The molecule has 1 saturated heterocycles. The van der Waals surface area contributed by atoms with Crippen molar-refractivity contribution in [3.63, 3.8) is 0 Å². The number of carbonyl (C=O) groups excluding carboxylic acids is 1. The molecule has 0 aliphatic carbocycles. The highest BCUT2D eigenvalue weighted by molar-refractivity contribution is 5.75. The lowest BCUT2D eigenvalue weighted by molar-refractivity contribution is -0.165. The van der Waals surface area contributed by atoms with Gasteiger partial charge in [0.2, 0.25) is 0 Å². The number of ether oxygens (including phenoxy) is 3. The first-order valence-electron chi connectivity index (χ1n) is 8.16. The average molecular weight is 334 g/mol. The van der Waals surface area contributed by atoms with Crippen LogP contribution in [0.25, 0.3) is 0 Å². The Morgan fingerprint density at radius 2 is 1.83 bits per heavy atom. The molecule has 1 unspecified atom stereocenters. The number of esters is 1. The third kappa shape index (κ3) is 12.0. The Labute approximate surface area is 140 Å². The van der Waals surface area contributed by atoms with Crippen molar-refractivity contribution in [2.45, 2.75) is 79.6 Å². The molecular formula is C17H34O6. The highest BCUT2D eigenvalue weighted by Crippen LogP contribution is 2.26. The van der Waals surface area contributed by atoms with Crippen LogP contribution in [0.4, 0.5) is 0 Å². The van der Waals surface area contributed by atoms with Gasteiger partial charge in [-0.2, -0.15) is 0 Å². The van der Waals surface area contributed by atoms with Crippen molar-refractivity contribution in [3.8, 4) is 0 Å². The van der Waals surface area contributed by atoms with Crippen LogP contribution in [0.15, 0.2) is 0 Å². The Morgan fingerprint density at radius 1 is 1.35 bits per heavy atom. The Bertz CT molecular complexity index is 325. The third-order valence-electron chi connectivity index (χ3n) is 2.90. The highest BCUT2D eigenvalue weighted by atomic mass is 16.7. The van der Waals surface area contributed by atoms with E-state index < -0.39 is 11.2 Å². The highest BCUT2D eigenvalue weighted by Gasteiger charge is 2.35. The van der Waals surface area contributed by atoms with E-state index in [0.29, 0.717) is 6.61 Å². The minimum Gasteiger partial charge on any atom is -0.483 e. The van der Waals surface area contributed by atoms with Crippen LogP contribution in [0.3, 0.4) is 0 Å². The lowest BCUT2D eigenvalue weighted by Gasteiger charge is -2.23. The lowest BCUT2D eigenvalue weighted by atomic mass is 9.88.